The Labute approximate surface area is 119 Å². The van der Waals surface area contributed by atoms with Gasteiger partial charge in [0.2, 0.25) is 5.91 Å². The van der Waals surface area contributed by atoms with Crippen LogP contribution in [0.5, 0.6) is 5.75 Å². The summed E-state index contributed by atoms with van der Waals surface area (Å²) < 4.78 is 11.1. The van der Waals surface area contributed by atoms with Crippen LogP contribution in [0, 0.1) is 0 Å². The van der Waals surface area contributed by atoms with Crippen molar-refractivity contribution in [3.63, 3.8) is 0 Å². The number of hydrogen-bond donors (Lipinski definition) is 2. The van der Waals surface area contributed by atoms with Crippen LogP contribution in [-0.4, -0.2) is 38.3 Å². The van der Waals surface area contributed by atoms with E-state index in [1.807, 2.05) is 31.2 Å². The van der Waals surface area contributed by atoms with Crippen molar-refractivity contribution in [2.24, 2.45) is 0 Å². The normalized spacial score (nSPS) is 15.8. The highest BCUT2D eigenvalue weighted by molar-refractivity contribution is 5.93. The first-order valence-corrected chi connectivity index (χ1v) is 7.13. The van der Waals surface area contributed by atoms with Crippen LogP contribution in [-0.2, 0) is 9.53 Å². The number of carbonyl (C=O) groups excluding carboxylic acids is 1. The van der Waals surface area contributed by atoms with Gasteiger partial charge in [-0.25, -0.2) is 0 Å². The quantitative estimate of drug-likeness (QED) is 0.833. The number of hydrogen-bond acceptors (Lipinski definition) is 4. The molecule has 0 spiro atoms. The van der Waals surface area contributed by atoms with Crippen molar-refractivity contribution in [1.29, 1.82) is 0 Å². The van der Waals surface area contributed by atoms with E-state index in [0.717, 1.165) is 25.9 Å². The fraction of sp³-hybridized carbons (Fsp3) is 0.533. The van der Waals surface area contributed by atoms with E-state index >= 15 is 0 Å². The SMILES string of the molecule is CCOc1ccccc1NC(=O)COC1CCNCC1. The van der Waals surface area contributed by atoms with E-state index in [0.29, 0.717) is 18.0 Å². The molecule has 2 N–H and O–H groups in total. The zero-order chi connectivity index (χ0) is 14.2. The molecule has 0 saturated carbocycles. The number of para-hydroxylation sites is 2. The molecule has 1 aliphatic heterocycles. The van der Waals surface area contributed by atoms with Crippen molar-refractivity contribution >= 4 is 11.6 Å². The van der Waals surface area contributed by atoms with Gasteiger partial charge in [-0.3, -0.25) is 4.79 Å². The summed E-state index contributed by atoms with van der Waals surface area (Å²) >= 11 is 0. The Hall–Kier alpha value is -1.59. The molecule has 0 bridgehead atoms. The molecular formula is C15H22N2O3. The Balaban J connectivity index is 1.81. The molecule has 0 unspecified atom stereocenters. The molecule has 1 fully saturated rings. The van der Waals surface area contributed by atoms with E-state index in [4.69, 9.17) is 9.47 Å². The molecule has 1 aromatic rings. The molecule has 5 nitrogen and oxygen atoms in total. The lowest BCUT2D eigenvalue weighted by Crippen LogP contribution is -2.34. The fourth-order valence-corrected chi connectivity index (χ4v) is 2.19. The van der Waals surface area contributed by atoms with Crippen molar-refractivity contribution in [2.45, 2.75) is 25.9 Å². The third-order valence-corrected chi connectivity index (χ3v) is 3.20. The van der Waals surface area contributed by atoms with Crippen molar-refractivity contribution < 1.29 is 14.3 Å². The van der Waals surface area contributed by atoms with E-state index in [1.165, 1.54) is 0 Å². The van der Waals surface area contributed by atoms with Crippen LogP contribution in [0.2, 0.25) is 0 Å². The number of benzene rings is 1. The maximum absolute atomic E-state index is 11.9. The number of rotatable bonds is 6. The lowest BCUT2D eigenvalue weighted by atomic mass is 10.1. The summed E-state index contributed by atoms with van der Waals surface area (Å²) in [6, 6.07) is 7.41. The van der Waals surface area contributed by atoms with Crippen LogP contribution >= 0.6 is 0 Å². The second kappa shape index (κ2) is 7.87. The van der Waals surface area contributed by atoms with E-state index in [-0.39, 0.29) is 18.6 Å². The maximum atomic E-state index is 11.9. The zero-order valence-electron chi connectivity index (χ0n) is 11.9. The van der Waals surface area contributed by atoms with Gasteiger partial charge in [0.15, 0.2) is 0 Å². The molecule has 110 valence electrons. The fourth-order valence-electron chi connectivity index (χ4n) is 2.19. The summed E-state index contributed by atoms with van der Waals surface area (Å²) in [7, 11) is 0. The summed E-state index contributed by atoms with van der Waals surface area (Å²) in [6.07, 6.45) is 2.11. The highest BCUT2D eigenvalue weighted by Gasteiger charge is 2.15. The topological polar surface area (TPSA) is 59.6 Å². The minimum absolute atomic E-state index is 0.0884. The van der Waals surface area contributed by atoms with Gasteiger partial charge in [-0.2, -0.15) is 0 Å². The maximum Gasteiger partial charge on any atom is 0.250 e. The lowest BCUT2D eigenvalue weighted by molar-refractivity contribution is -0.123. The van der Waals surface area contributed by atoms with E-state index in [2.05, 4.69) is 10.6 Å². The van der Waals surface area contributed by atoms with Gasteiger partial charge in [0.05, 0.1) is 18.4 Å². The Morgan fingerprint density at radius 1 is 1.35 bits per heavy atom. The summed E-state index contributed by atoms with van der Waals surface area (Å²) in [4.78, 5) is 11.9. The molecule has 1 amide bonds. The molecule has 1 saturated heterocycles. The Kier molecular flexibility index (Phi) is 5.83. The largest absolute Gasteiger partial charge is 0.492 e. The van der Waals surface area contributed by atoms with Crippen molar-refractivity contribution in [2.75, 3.05) is 31.6 Å². The van der Waals surface area contributed by atoms with Crippen LogP contribution in [0.3, 0.4) is 0 Å². The van der Waals surface area contributed by atoms with Gasteiger partial charge in [0.1, 0.15) is 12.4 Å². The first-order valence-electron chi connectivity index (χ1n) is 7.13. The molecule has 1 aromatic carbocycles. The Morgan fingerprint density at radius 2 is 2.10 bits per heavy atom. The molecule has 0 aliphatic carbocycles. The van der Waals surface area contributed by atoms with Crippen LogP contribution in [0.25, 0.3) is 0 Å². The number of amides is 1. The highest BCUT2D eigenvalue weighted by Crippen LogP contribution is 2.23. The van der Waals surface area contributed by atoms with Gasteiger partial charge >= 0.3 is 0 Å². The minimum atomic E-state index is -0.143. The summed E-state index contributed by atoms with van der Waals surface area (Å²) in [5.74, 6) is 0.543. The van der Waals surface area contributed by atoms with Gasteiger partial charge in [-0.05, 0) is 45.0 Å². The first kappa shape index (κ1) is 14.8. The lowest BCUT2D eigenvalue weighted by Gasteiger charge is -2.22. The smallest absolute Gasteiger partial charge is 0.250 e. The molecule has 0 aromatic heterocycles. The van der Waals surface area contributed by atoms with Gasteiger partial charge < -0.3 is 20.1 Å². The molecule has 0 atom stereocenters. The van der Waals surface area contributed by atoms with Gasteiger partial charge in [-0.15, -0.1) is 0 Å². The third kappa shape index (κ3) is 4.51. The highest BCUT2D eigenvalue weighted by atomic mass is 16.5. The summed E-state index contributed by atoms with van der Waals surface area (Å²) in [6.45, 7) is 4.49. The standard InChI is InChI=1S/C15H22N2O3/c1-2-19-14-6-4-3-5-13(14)17-15(18)11-20-12-7-9-16-10-8-12/h3-6,12,16H,2,7-11H2,1H3,(H,17,18). The number of anilines is 1. The van der Waals surface area contributed by atoms with Gasteiger partial charge in [0, 0.05) is 0 Å². The minimum Gasteiger partial charge on any atom is -0.492 e. The second-order valence-corrected chi connectivity index (χ2v) is 4.74. The number of carbonyl (C=O) groups is 1. The Bertz CT molecular complexity index is 431. The van der Waals surface area contributed by atoms with E-state index in [9.17, 15) is 4.79 Å². The third-order valence-electron chi connectivity index (χ3n) is 3.20. The van der Waals surface area contributed by atoms with Crippen LogP contribution in [0.15, 0.2) is 24.3 Å². The van der Waals surface area contributed by atoms with Crippen molar-refractivity contribution in [3.8, 4) is 5.75 Å². The molecule has 0 radical (unpaired) electrons. The zero-order valence-corrected chi connectivity index (χ0v) is 11.9. The molecular weight excluding hydrogens is 256 g/mol. The predicted octanol–water partition coefficient (Wildman–Crippen LogP) is 1.79. The average molecular weight is 278 g/mol. The van der Waals surface area contributed by atoms with Gasteiger partial charge in [-0.1, -0.05) is 12.1 Å². The molecule has 1 aliphatic rings. The van der Waals surface area contributed by atoms with Crippen LogP contribution in [0.4, 0.5) is 5.69 Å². The predicted molar refractivity (Wildman–Crippen MR) is 78.1 cm³/mol. The summed E-state index contributed by atoms with van der Waals surface area (Å²) in [5.41, 5.74) is 0.688. The second-order valence-electron chi connectivity index (χ2n) is 4.74. The molecule has 1 heterocycles. The number of nitrogens with one attached hydrogen (secondary N) is 2. The van der Waals surface area contributed by atoms with Crippen molar-refractivity contribution in [3.05, 3.63) is 24.3 Å². The molecule has 5 heteroatoms. The molecule has 2 rings (SSSR count). The first-order chi connectivity index (χ1) is 9.79. The number of piperidine rings is 1. The van der Waals surface area contributed by atoms with Crippen molar-refractivity contribution in [1.82, 2.24) is 5.32 Å². The van der Waals surface area contributed by atoms with Crippen LogP contribution < -0.4 is 15.4 Å². The van der Waals surface area contributed by atoms with E-state index < -0.39 is 0 Å². The summed E-state index contributed by atoms with van der Waals surface area (Å²) in [5, 5.41) is 6.10. The monoisotopic (exact) mass is 278 g/mol. The van der Waals surface area contributed by atoms with E-state index in [1.54, 1.807) is 0 Å². The van der Waals surface area contributed by atoms with Gasteiger partial charge in [0.25, 0.3) is 0 Å². The van der Waals surface area contributed by atoms with Crippen LogP contribution in [0.1, 0.15) is 19.8 Å². The Morgan fingerprint density at radius 3 is 2.85 bits per heavy atom. The number of ether oxygens (including phenoxy) is 2. The molecule has 20 heavy (non-hydrogen) atoms. The average Bonchev–Trinajstić information content (AvgIpc) is 2.49.